The number of nitrogens with zero attached hydrogens (tertiary/aromatic N) is 3. The number of methoxy groups -OCH3 is 1. The molecule has 0 amide bonds. The van der Waals surface area contributed by atoms with Crippen molar-refractivity contribution in [2.75, 3.05) is 33.6 Å². The third kappa shape index (κ3) is 6.43. The molecule has 0 saturated carbocycles. The number of hydrogen-bond donors (Lipinski definition) is 1. The van der Waals surface area contributed by atoms with E-state index in [1.165, 1.54) is 13.2 Å². The van der Waals surface area contributed by atoms with Crippen LogP contribution in [0.4, 0.5) is 8.78 Å². The summed E-state index contributed by atoms with van der Waals surface area (Å²) in [5.74, 6) is 2.82. The molecule has 0 aliphatic carbocycles. The number of ether oxygens (including phenoxy) is 3. The van der Waals surface area contributed by atoms with E-state index in [0.29, 0.717) is 40.9 Å². The number of halogens is 3. The van der Waals surface area contributed by atoms with Crippen LogP contribution in [-0.2, 0) is 4.74 Å². The zero-order valence-electron chi connectivity index (χ0n) is 29.9. The third-order valence-electron chi connectivity index (χ3n) is 10.9. The molecule has 4 aromatic rings. The van der Waals surface area contributed by atoms with Crippen molar-refractivity contribution in [2.45, 2.75) is 89.1 Å². The van der Waals surface area contributed by atoms with Crippen LogP contribution in [0.3, 0.4) is 0 Å². The largest absolute Gasteiger partial charge is 0.493 e. The Morgan fingerprint density at radius 3 is 2.52 bits per heavy atom. The minimum atomic E-state index is -2.11. The van der Waals surface area contributed by atoms with Gasteiger partial charge in [-0.3, -0.25) is 4.90 Å². The molecule has 2 aliphatic heterocycles. The molecular formula is C39H46ClF2N3O4Si. The van der Waals surface area contributed by atoms with E-state index in [1.54, 1.807) is 6.07 Å². The molecule has 50 heavy (non-hydrogen) atoms. The van der Waals surface area contributed by atoms with Gasteiger partial charge in [-0.2, -0.15) is 9.97 Å². The van der Waals surface area contributed by atoms with Gasteiger partial charge < -0.3 is 19.3 Å². The van der Waals surface area contributed by atoms with Crippen molar-refractivity contribution < 1.29 is 28.1 Å². The van der Waals surface area contributed by atoms with Crippen molar-refractivity contribution in [2.24, 2.45) is 0 Å². The Labute approximate surface area is 299 Å². The zero-order chi connectivity index (χ0) is 36.0. The fraction of sp³-hybridized carbons (Fsp3) is 0.487. The summed E-state index contributed by atoms with van der Waals surface area (Å²) in [7, 11) is -0.579. The molecule has 0 radical (unpaired) electrons. The average Bonchev–Trinajstić information content (AvgIpc) is 3.58. The predicted molar refractivity (Wildman–Crippen MR) is 198 cm³/mol. The van der Waals surface area contributed by atoms with E-state index in [2.05, 4.69) is 67.9 Å². The van der Waals surface area contributed by atoms with Gasteiger partial charge in [-0.25, -0.2) is 8.78 Å². The number of aromatic nitrogens is 2. The minimum absolute atomic E-state index is 0.00642. The Morgan fingerprint density at radius 2 is 1.82 bits per heavy atom. The van der Waals surface area contributed by atoms with Crippen molar-refractivity contribution >= 4 is 41.4 Å². The second-order valence-electron chi connectivity index (χ2n) is 14.7. The summed E-state index contributed by atoms with van der Waals surface area (Å²) in [6.45, 7) is 14.9. The summed E-state index contributed by atoms with van der Waals surface area (Å²) in [6, 6.07) is 10.7. The summed E-state index contributed by atoms with van der Waals surface area (Å²) >= 11 is 6.89. The van der Waals surface area contributed by atoms with Crippen LogP contribution in [0.1, 0.15) is 66.4 Å². The first-order valence-electron chi connectivity index (χ1n) is 17.4. The normalized spacial score (nSPS) is 19.5. The van der Waals surface area contributed by atoms with Crippen LogP contribution < -0.4 is 9.47 Å². The highest BCUT2D eigenvalue weighted by atomic mass is 35.5. The lowest BCUT2D eigenvalue weighted by Gasteiger charge is -2.38. The van der Waals surface area contributed by atoms with Crippen LogP contribution >= 0.6 is 11.6 Å². The van der Waals surface area contributed by atoms with Crippen molar-refractivity contribution in [3.8, 4) is 40.2 Å². The summed E-state index contributed by atoms with van der Waals surface area (Å²) in [5.41, 5.74) is 5.80. The van der Waals surface area contributed by atoms with Crippen LogP contribution in [0, 0.1) is 17.3 Å². The maximum atomic E-state index is 17.0. The molecule has 3 aromatic carbocycles. The lowest BCUT2D eigenvalue weighted by atomic mass is 9.93. The summed E-state index contributed by atoms with van der Waals surface area (Å²) in [5, 5.41) is 12.6. The van der Waals surface area contributed by atoms with Crippen molar-refractivity contribution in [3.05, 3.63) is 52.8 Å². The van der Waals surface area contributed by atoms with Gasteiger partial charge in [0.1, 0.15) is 32.1 Å². The van der Waals surface area contributed by atoms with Gasteiger partial charge in [0.15, 0.2) is 12.6 Å². The van der Waals surface area contributed by atoms with Gasteiger partial charge in [-0.15, -0.1) is 5.54 Å². The molecular weight excluding hydrogens is 676 g/mol. The first kappa shape index (κ1) is 36.3. The molecule has 1 aromatic heterocycles. The molecule has 2 aliphatic rings. The molecule has 2 atom stereocenters. The van der Waals surface area contributed by atoms with E-state index in [9.17, 15) is 9.50 Å². The van der Waals surface area contributed by atoms with E-state index in [4.69, 9.17) is 25.8 Å². The molecule has 0 unspecified atom stereocenters. The van der Waals surface area contributed by atoms with Gasteiger partial charge >= 0.3 is 6.01 Å². The Hall–Kier alpha value is -3.49. The maximum Gasteiger partial charge on any atom is 0.320 e. The second-order valence-corrected chi connectivity index (χ2v) is 20.7. The number of fused-ring (bicyclic) bond motifs is 3. The highest BCUT2D eigenvalue weighted by Gasteiger charge is 2.49. The van der Waals surface area contributed by atoms with E-state index >= 15 is 4.39 Å². The summed E-state index contributed by atoms with van der Waals surface area (Å²) < 4.78 is 48.4. The Kier molecular flexibility index (Phi) is 10.4. The molecule has 2 fully saturated rings. The zero-order valence-corrected chi connectivity index (χ0v) is 31.6. The number of alkyl halides is 1. The smallest absolute Gasteiger partial charge is 0.320 e. The van der Waals surface area contributed by atoms with Crippen molar-refractivity contribution in [3.63, 3.8) is 0 Å². The average molecular weight is 722 g/mol. The number of aromatic hydroxyl groups is 1. The second kappa shape index (κ2) is 14.3. The highest BCUT2D eigenvalue weighted by Crippen LogP contribution is 2.45. The van der Waals surface area contributed by atoms with E-state index in [1.807, 2.05) is 24.3 Å². The topological polar surface area (TPSA) is 76.9 Å². The molecule has 3 heterocycles. The lowest BCUT2D eigenvalue weighted by molar-refractivity contribution is 0.0512. The molecule has 7 nitrogen and oxygen atoms in total. The van der Waals surface area contributed by atoms with Crippen molar-refractivity contribution in [1.29, 1.82) is 0 Å². The molecule has 6 rings (SSSR count). The monoisotopic (exact) mass is 721 g/mol. The van der Waals surface area contributed by atoms with Gasteiger partial charge in [0.05, 0.1) is 15.9 Å². The quantitative estimate of drug-likeness (QED) is 0.0993. The number of benzene rings is 3. The first-order valence-corrected chi connectivity index (χ1v) is 20.0. The van der Waals surface area contributed by atoms with Gasteiger partial charge in [-0.1, -0.05) is 71.2 Å². The maximum absolute atomic E-state index is 17.0. The van der Waals surface area contributed by atoms with Crippen LogP contribution in [0.5, 0.6) is 17.6 Å². The number of rotatable bonds is 10. The summed E-state index contributed by atoms with van der Waals surface area (Å²) in [4.78, 5) is 10.7. The van der Waals surface area contributed by atoms with Crippen molar-refractivity contribution in [1.82, 2.24) is 14.9 Å². The van der Waals surface area contributed by atoms with Crippen LogP contribution in [0.25, 0.3) is 32.8 Å². The van der Waals surface area contributed by atoms with Gasteiger partial charge in [0.2, 0.25) is 5.88 Å². The third-order valence-corrected chi connectivity index (χ3v) is 17.5. The standard InChI is InChI=1S/C39H46ClF2N3O4Si/c1-23(2)50(24(3)4,25(5)6)15-12-26-10-8-11-27-16-29(49-22-47-7)17-30(33(26)27)34-32(40)18-31-36(35(34)42)43-38(44-37(31)46)48-21-39-13-9-14-45(39)20-28(41)19-39/h8,10-11,16-18,23-25,28H,9,13-14,19-22H2,1-7H3,(H,43,44,46)/t28-,39+/m1/s1. The van der Waals surface area contributed by atoms with Gasteiger partial charge in [0, 0.05) is 36.6 Å². The molecule has 0 spiro atoms. The van der Waals surface area contributed by atoms with Gasteiger partial charge in [-0.05, 0) is 71.2 Å². The molecule has 266 valence electrons. The van der Waals surface area contributed by atoms with E-state index in [-0.39, 0.29) is 40.9 Å². The highest BCUT2D eigenvalue weighted by molar-refractivity contribution is 6.90. The van der Waals surface area contributed by atoms with Gasteiger partial charge in [0.25, 0.3) is 0 Å². The fourth-order valence-corrected chi connectivity index (χ4v) is 14.2. The SMILES string of the molecule is COCOc1cc(-c2c(Cl)cc3c(O)nc(OC[C@@]45CCCN4C[C@H](F)C5)nc3c2F)c2c(C#C[Si](C(C)C)(C(C)C)C(C)C)cccc2c1. The Balaban J connectivity index is 1.52. The van der Waals surface area contributed by atoms with Crippen LogP contribution in [-0.4, -0.2) is 73.4 Å². The van der Waals surface area contributed by atoms with Crippen LogP contribution in [0.15, 0.2) is 36.4 Å². The first-order chi connectivity index (χ1) is 23.8. The minimum Gasteiger partial charge on any atom is -0.493 e. The lowest BCUT2D eigenvalue weighted by Crippen LogP contribution is -2.43. The molecule has 11 heteroatoms. The Morgan fingerprint density at radius 1 is 1.08 bits per heavy atom. The molecule has 1 N–H and O–H groups in total. The van der Waals surface area contributed by atoms with E-state index < -0.39 is 31.5 Å². The van der Waals surface area contributed by atoms with E-state index in [0.717, 1.165) is 35.7 Å². The summed E-state index contributed by atoms with van der Waals surface area (Å²) in [6.07, 6.45) is 1.16. The molecule has 2 saturated heterocycles. The fourth-order valence-electron chi connectivity index (χ4n) is 8.64. The van der Waals surface area contributed by atoms with Crippen LogP contribution in [0.2, 0.25) is 21.6 Å². The molecule has 0 bridgehead atoms. The number of hydrogen-bond acceptors (Lipinski definition) is 7. The predicted octanol–water partition coefficient (Wildman–Crippen LogP) is 9.46. The Bertz CT molecular complexity index is 1960.